The lowest BCUT2D eigenvalue weighted by Gasteiger charge is -2.37. The minimum Gasteiger partial charge on any atom is -0.440 e. The Balaban J connectivity index is 1.30. The summed E-state index contributed by atoms with van der Waals surface area (Å²) in [5, 5.41) is 0. The molecule has 0 N–H and O–H groups in total. The molecule has 0 bridgehead atoms. The van der Waals surface area contributed by atoms with Gasteiger partial charge in [0.05, 0.1) is 0 Å². The number of carbonyl (C=O) groups is 2. The SMILES string of the molecule is O=C(c1ccc2nc(C3CCCCC3)oc2c1)N1CCN(C2CCCC2)C(=O)C1. The van der Waals surface area contributed by atoms with E-state index in [1.807, 2.05) is 17.0 Å². The van der Waals surface area contributed by atoms with E-state index in [0.717, 1.165) is 37.1 Å². The third-order valence-electron chi connectivity index (χ3n) is 6.92. The molecule has 1 aromatic carbocycles. The van der Waals surface area contributed by atoms with Crippen LogP contribution in [0.1, 0.15) is 80.0 Å². The highest BCUT2D eigenvalue weighted by Gasteiger charge is 2.33. The summed E-state index contributed by atoms with van der Waals surface area (Å²) in [5.41, 5.74) is 2.06. The Morgan fingerprint density at radius 2 is 1.76 bits per heavy atom. The Morgan fingerprint density at radius 3 is 2.52 bits per heavy atom. The van der Waals surface area contributed by atoms with Gasteiger partial charge in [-0.25, -0.2) is 4.98 Å². The van der Waals surface area contributed by atoms with E-state index in [4.69, 9.17) is 4.42 Å². The van der Waals surface area contributed by atoms with E-state index in [9.17, 15) is 9.59 Å². The van der Waals surface area contributed by atoms with Crippen LogP contribution >= 0.6 is 0 Å². The molecule has 2 heterocycles. The smallest absolute Gasteiger partial charge is 0.254 e. The molecule has 1 aliphatic heterocycles. The molecular formula is C23H29N3O3. The van der Waals surface area contributed by atoms with Gasteiger partial charge < -0.3 is 14.2 Å². The standard InChI is InChI=1S/C23H29N3O3/c27-21-15-25(12-13-26(21)18-8-4-5-9-18)23(28)17-10-11-19-20(14-17)29-22(24-19)16-6-2-1-3-7-16/h10-11,14,16,18H,1-9,12-13,15H2. The number of fused-ring (bicyclic) bond motifs is 1. The van der Waals surface area contributed by atoms with Crippen molar-refractivity contribution in [1.82, 2.24) is 14.8 Å². The fourth-order valence-corrected chi connectivity index (χ4v) is 5.24. The molecule has 2 aromatic rings. The predicted molar refractivity (Wildman–Crippen MR) is 110 cm³/mol. The van der Waals surface area contributed by atoms with Crippen molar-refractivity contribution < 1.29 is 14.0 Å². The van der Waals surface area contributed by atoms with Gasteiger partial charge in [0.2, 0.25) is 5.91 Å². The molecule has 0 atom stereocenters. The van der Waals surface area contributed by atoms with E-state index in [2.05, 4.69) is 4.98 Å². The van der Waals surface area contributed by atoms with Crippen molar-refractivity contribution in [2.24, 2.45) is 0 Å². The number of carbonyl (C=O) groups excluding carboxylic acids is 2. The van der Waals surface area contributed by atoms with Crippen molar-refractivity contribution >= 4 is 22.9 Å². The average molecular weight is 396 g/mol. The Morgan fingerprint density at radius 1 is 1.00 bits per heavy atom. The first kappa shape index (κ1) is 18.6. The fraction of sp³-hybridized carbons (Fsp3) is 0.609. The van der Waals surface area contributed by atoms with Gasteiger partial charge in [0.1, 0.15) is 12.1 Å². The lowest BCUT2D eigenvalue weighted by Crippen LogP contribution is -2.54. The van der Waals surface area contributed by atoms with Crippen LogP contribution in [0.5, 0.6) is 0 Å². The van der Waals surface area contributed by atoms with Crippen LogP contribution in [0.3, 0.4) is 0 Å². The van der Waals surface area contributed by atoms with Gasteiger partial charge in [-0.2, -0.15) is 0 Å². The number of nitrogens with zero attached hydrogens (tertiary/aromatic N) is 3. The van der Waals surface area contributed by atoms with Gasteiger partial charge >= 0.3 is 0 Å². The van der Waals surface area contributed by atoms with Crippen LogP contribution in [0.15, 0.2) is 22.6 Å². The van der Waals surface area contributed by atoms with E-state index in [1.165, 1.54) is 32.1 Å². The van der Waals surface area contributed by atoms with Gasteiger partial charge in [-0.05, 0) is 43.9 Å². The summed E-state index contributed by atoms with van der Waals surface area (Å²) in [4.78, 5) is 34.0. The van der Waals surface area contributed by atoms with Crippen molar-refractivity contribution in [1.29, 1.82) is 0 Å². The number of oxazole rings is 1. The minimum atomic E-state index is -0.0954. The number of hydrogen-bond donors (Lipinski definition) is 0. The molecular weight excluding hydrogens is 366 g/mol. The maximum absolute atomic E-state index is 13.0. The molecule has 1 aromatic heterocycles. The van der Waals surface area contributed by atoms with Crippen LogP contribution < -0.4 is 0 Å². The second-order valence-corrected chi connectivity index (χ2v) is 8.82. The molecule has 0 radical (unpaired) electrons. The van der Waals surface area contributed by atoms with Crippen LogP contribution in [0.25, 0.3) is 11.1 Å². The van der Waals surface area contributed by atoms with Crippen molar-refractivity contribution in [2.75, 3.05) is 19.6 Å². The molecule has 2 aliphatic carbocycles. The van der Waals surface area contributed by atoms with Gasteiger partial charge in [-0.15, -0.1) is 0 Å². The van der Waals surface area contributed by atoms with E-state index < -0.39 is 0 Å². The molecule has 5 rings (SSSR count). The molecule has 3 aliphatic rings. The summed E-state index contributed by atoms with van der Waals surface area (Å²) >= 11 is 0. The highest BCUT2D eigenvalue weighted by Crippen LogP contribution is 2.34. The van der Waals surface area contributed by atoms with Gasteiger partial charge in [0.25, 0.3) is 5.91 Å². The average Bonchev–Trinajstić information content (AvgIpc) is 3.43. The van der Waals surface area contributed by atoms with Crippen LogP contribution in [0, 0.1) is 0 Å². The molecule has 6 heteroatoms. The van der Waals surface area contributed by atoms with E-state index in [1.54, 1.807) is 11.0 Å². The van der Waals surface area contributed by atoms with Gasteiger partial charge in [-0.3, -0.25) is 9.59 Å². The largest absolute Gasteiger partial charge is 0.440 e. The van der Waals surface area contributed by atoms with Crippen molar-refractivity contribution in [3.05, 3.63) is 29.7 Å². The molecule has 3 fully saturated rings. The van der Waals surface area contributed by atoms with Crippen molar-refractivity contribution in [2.45, 2.75) is 69.7 Å². The second kappa shape index (κ2) is 7.81. The Labute approximate surface area is 171 Å². The van der Waals surface area contributed by atoms with Crippen molar-refractivity contribution in [3.8, 4) is 0 Å². The number of aromatic nitrogens is 1. The Kier molecular flexibility index (Phi) is 5.02. The van der Waals surface area contributed by atoms with Crippen LogP contribution in [0.2, 0.25) is 0 Å². The predicted octanol–water partition coefficient (Wildman–Crippen LogP) is 4.10. The molecule has 154 valence electrons. The molecule has 0 spiro atoms. The molecule has 2 saturated carbocycles. The number of amides is 2. The summed E-state index contributed by atoms with van der Waals surface area (Å²) < 4.78 is 6.03. The Bertz CT molecular complexity index is 909. The van der Waals surface area contributed by atoms with Gasteiger partial charge in [0.15, 0.2) is 11.5 Å². The summed E-state index contributed by atoms with van der Waals surface area (Å²) in [6.07, 6.45) is 10.6. The monoisotopic (exact) mass is 395 g/mol. The van der Waals surface area contributed by atoms with Gasteiger partial charge in [-0.1, -0.05) is 32.1 Å². The summed E-state index contributed by atoms with van der Waals surface area (Å²) in [6.45, 7) is 1.42. The number of piperazine rings is 1. The zero-order valence-electron chi connectivity index (χ0n) is 16.9. The van der Waals surface area contributed by atoms with Crippen molar-refractivity contribution in [3.63, 3.8) is 0 Å². The lowest BCUT2D eigenvalue weighted by atomic mass is 9.89. The summed E-state index contributed by atoms with van der Waals surface area (Å²) in [5.74, 6) is 1.19. The minimum absolute atomic E-state index is 0.0804. The lowest BCUT2D eigenvalue weighted by molar-refractivity contribution is -0.137. The second-order valence-electron chi connectivity index (χ2n) is 8.82. The number of rotatable bonds is 3. The molecule has 0 unspecified atom stereocenters. The van der Waals surface area contributed by atoms with Crippen LogP contribution in [0.4, 0.5) is 0 Å². The fourth-order valence-electron chi connectivity index (χ4n) is 5.24. The summed E-state index contributed by atoms with van der Waals surface area (Å²) in [6, 6.07) is 5.86. The zero-order valence-corrected chi connectivity index (χ0v) is 16.9. The van der Waals surface area contributed by atoms with Gasteiger partial charge in [0, 0.05) is 30.6 Å². The highest BCUT2D eigenvalue weighted by atomic mass is 16.3. The van der Waals surface area contributed by atoms with Crippen LogP contribution in [-0.4, -0.2) is 52.3 Å². The maximum Gasteiger partial charge on any atom is 0.254 e. The first-order valence-electron chi connectivity index (χ1n) is 11.2. The zero-order chi connectivity index (χ0) is 19.8. The van der Waals surface area contributed by atoms with E-state index in [0.29, 0.717) is 36.2 Å². The normalized spacial score (nSPS) is 22.0. The third-order valence-corrected chi connectivity index (χ3v) is 6.92. The molecule has 2 amide bonds. The molecule has 29 heavy (non-hydrogen) atoms. The number of hydrogen-bond acceptors (Lipinski definition) is 4. The molecule has 1 saturated heterocycles. The first-order chi connectivity index (χ1) is 14.2. The van der Waals surface area contributed by atoms with Crippen LogP contribution in [-0.2, 0) is 4.79 Å². The summed E-state index contributed by atoms with van der Waals surface area (Å²) in [7, 11) is 0. The van der Waals surface area contributed by atoms with E-state index >= 15 is 0 Å². The highest BCUT2D eigenvalue weighted by molar-refractivity contribution is 5.99. The number of benzene rings is 1. The Hall–Kier alpha value is -2.37. The first-order valence-corrected chi connectivity index (χ1v) is 11.2. The van der Waals surface area contributed by atoms with E-state index in [-0.39, 0.29) is 18.4 Å². The quantitative estimate of drug-likeness (QED) is 0.785. The topological polar surface area (TPSA) is 66.7 Å². The maximum atomic E-state index is 13.0. The third kappa shape index (κ3) is 3.65. The molecule has 6 nitrogen and oxygen atoms in total.